The lowest BCUT2D eigenvalue weighted by molar-refractivity contribution is 0.0717. The topological polar surface area (TPSA) is 46.1 Å². The lowest BCUT2D eigenvalue weighted by atomic mass is 9.93. The first-order valence-electron chi connectivity index (χ1n) is 6.43. The minimum absolute atomic E-state index is 0.113. The average molecular weight is 273 g/mol. The summed E-state index contributed by atoms with van der Waals surface area (Å²) >= 11 is 1.41. The van der Waals surface area contributed by atoms with E-state index in [4.69, 9.17) is 0 Å². The Kier molecular flexibility index (Phi) is 3.55. The average Bonchev–Trinajstić information content (AvgIpc) is 3.02. The molecular formula is C14H15N3OS. The minimum atomic E-state index is 0.113. The van der Waals surface area contributed by atoms with Crippen LogP contribution >= 0.6 is 11.3 Å². The fraction of sp³-hybridized carbons (Fsp3) is 0.357. The Morgan fingerprint density at radius 3 is 2.79 bits per heavy atom. The van der Waals surface area contributed by atoms with Crippen LogP contribution in [0, 0.1) is 0 Å². The van der Waals surface area contributed by atoms with Crippen LogP contribution in [0.1, 0.15) is 34.1 Å². The van der Waals surface area contributed by atoms with Gasteiger partial charge in [-0.05, 0) is 25.0 Å². The molecule has 1 saturated heterocycles. The number of pyridine rings is 1. The van der Waals surface area contributed by atoms with Gasteiger partial charge in [0.15, 0.2) is 0 Å². The van der Waals surface area contributed by atoms with Gasteiger partial charge in [0.25, 0.3) is 5.91 Å². The molecule has 1 aliphatic rings. The van der Waals surface area contributed by atoms with Crippen molar-refractivity contribution >= 4 is 17.2 Å². The van der Waals surface area contributed by atoms with Gasteiger partial charge in [0.2, 0.25) is 0 Å². The highest BCUT2D eigenvalue weighted by Crippen LogP contribution is 2.27. The van der Waals surface area contributed by atoms with Crippen molar-refractivity contribution in [3.05, 3.63) is 46.7 Å². The summed E-state index contributed by atoms with van der Waals surface area (Å²) in [6.07, 6.45) is 5.46. The van der Waals surface area contributed by atoms with Crippen LogP contribution in [0.2, 0.25) is 0 Å². The lowest BCUT2D eigenvalue weighted by Crippen LogP contribution is -2.37. The standard InChI is InChI=1S/C14H15N3OS/c18-14(13-9-15-10-19-13)17-7-4-11(5-8-17)12-3-1-2-6-16-12/h1-3,6,9-11H,4-5,7-8H2. The number of piperidine rings is 1. The monoisotopic (exact) mass is 273 g/mol. The summed E-state index contributed by atoms with van der Waals surface area (Å²) in [6.45, 7) is 1.61. The Hall–Kier alpha value is -1.75. The summed E-state index contributed by atoms with van der Waals surface area (Å²) in [6, 6.07) is 6.04. The fourth-order valence-electron chi connectivity index (χ4n) is 2.47. The molecule has 0 aliphatic carbocycles. The van der Waals surface area contributed by atoms with Crippen molar-refractivity contribution in [3.8, 4) is 0 Å². The smallest absolute Gasteiger partial charge is 0.265 e. The van der Waals surface area contributed by atoms with Gasteiger partial charge in [-0.15, -0.1) is 11.3 Å². The van der Waals surface area contributed by atoms with E-state index in [1.165, 1.54) is 11.3 Å². The molecule has 2 aromatic rings. The van der Waals surface area contributed by atoms with Crippen LogP contribution in [-0.2, 0) is 0 Å². The molecule has 0 spiro atoms. The third-order valence-electron chi connectivity index (χ3n) is 3.53. The van der Waals surface area contributed by atoms with Crippen LogP contribution in [0.15, 0.2) is 36.1 Å². The second kappa shape index (κ2) is 5.48. The van der Waals surface area contributed by atoms with E-state index in [2.05, 4.69) is 16.0 Å². The maximum Gasteiger partial charge on any atom is 0.265 e. The van der Waals surface area contributed by atoms with E-state index in [0.29, 0.717) is 5.92 Å². The maximum atomic E-state index is 12.2. The number of amides is 1. The summed E-state index contributed by atoms with van der Waals surface area (Å²) in [5.41, 5.74) is 2.85. The number of rotatable bonds is 2. The number of thiazole rings is 1. The first-order chi connectivity index (χ1) is 9.34. The summed E-state index contributed by atoms with van der Waals surface area (Å²) in [7, 11) is 0. The van der Waals surface area contributed by atoms with Crippen LogP contribution in [-0.4, -0.2) is 33.9 Å². The van der Waals surface area contributed by atoms with Crippen molar-refractivity contribution in [2.24, 2.45) is 0 Å². The predicted octanol–water partition coefficient (Wildman–Crippen LogP) is 2.56. The summed E-state index contributed by atoms with van der Waals surface area (Å²) in [4.78, 5) is 23.2. The molecule has 19 heavy (non-hydrogen) atoms. The van der Waals surface area contributed by atoms with Gasteiger partial charge >= 0.3 is 0 Å². The van der Waals surface area contributed by atoms with Crippen molar-refractivity contribution in [2.45, 2.75) is 18.8 Å². The van der Waals surface area contributed by atoms with Crippen LogP contribution in [0.4, 0.5) is 0 Å². The molecule has 0 saturated carbocycles. The van der Waals surface area contributed by atoms with Crippen molar-refractivity contribution in [3.63, 3.8) is 0 Å². The highest BCUT2D eigenvalue weighted by Gasteiger charge is 2.25. The Morgan fingerprint density at radius 2 is 2.16 bits per heavy atom. The van der Waals surface area contributed by atoms with Gasteiger partial charge in [-0.2, -0.15) is 0 Å². The normalized spacial score (nSPS) is 16.5. The summed E-state index contributed by atoms with van der Waals surface area (Å²) in [5.74, 6) is 0.591. The largest absolute Gasteiger partial charge is 0.338 e. The zero-order valence-corrected chi connectivity index (χ0v) is 11.3. The second-order valence-corrected chi connectivity index (χ2v) is 5.57. The molecule has 1 aliphatic heterocycles. The van der Waals surface area contributed by atoms with Crippen LogP contribution in [0.25, 0.3) is 0 Å². The zero-order chi connectivity index (χ0) is 13.1. The number of hydrogen-bond acceptors (Lipinski definition) is 4. The van der Waals surface area contributed by atoms with Crippen LogP contribution in [0.5, 0.6) is 0 Å². The number of hydrogen-bond donors (Lipinski definition) is 0. The van der Waals surface area contributed by atoms with E-state index in [-0.39, 0.29) is 5.91 Å². The molecule has 3 rings (SSSR count). The second-order valence-electron chi connectivity index (χ2n) is 4.69. The molecule has 0 unspecified atom stereocenters. The Balaban J connectivity index is 1.62. The van der Waals surface area contributed by atoms with Gasteiger partial charge in [-0.3, -0.25) is 14.8 Å². The molecule has 98 valence electrons. The van der Waals surface area contributed by atoms with E-state index >= 15 is 0 Å². The molecule has 2 aromatic heterocycles. The van der Waals surface area contributed by atoms with Crippen molar-refractivity contribution < 1.29 is 4.79 Å². The molecule has 0 bridgehead atoms. The van der Waals surface area contributed by atoms with E-state index < -0.39 is 0 Å². The Bertz CT molecular complexity index is 533. The molecule has 1 fully saturated rings. The third-order valence-corrected chi connectivity index (χ3v) is 4.29. The quantitative estimate of drug-likeness (QED) is 0.844. The fourth-order valence-corrected chi connectivity index (χ4v) is 3.06. The van der Waals surface area contributed by atoms with Gasteiger partial charge < -0.3 is 4.90 Å². The van der Waals surface area contributed by atoms with Gasteiger partial charge in [0, 0.05) is 30.9 Å². The lowest BCUT2D eigenvalue weighted by Gasteiger charge is -2.31. The Morgan fingerprint density at radius 1 is 1.32 bits per heavy atom. The highest BCUT2D eigenvalue weighted by atomic mass is 32.1. The zero-order valence-electron chi connectivity index (χ0n) is 10.5. The molecule has 1 amide bonds. The number of aromatic nitrogens is 2. The molecular weight excluding hydrogens is 258 g/mol. The predicted molar refractivity (Wildman–Crippen MR) is 74.2 cm³/mol. The first kappa shape index (κ1) is 12.3. The van der Waals surface area contributed by atoms with Gasteiger partial charge in [-0.25, -0.2) is 0 Å². The summed E-state index contributed by atoms with van der Waals surface area (Å²) < 4.78 is 0. The van der Waals surface area contributed by atoms with Crippen molar-refractivity contribution in [1.82, 2.24) is 14.9 Å². The molecule has 0 radical (unpaired) electrons. The molecule has 5 heteroatoms. The van der Waals surface area contributed by atoms with E-state index in [9.17, 15) is 4.79 Å². The highest BCUT2D eigenvalue weighted by molar-refractivity contribution is 7.11. The van der Waals surface area contributed by atoms with E-state index in [1.54, 1.807) is 11.7 Å². The number of carbonyl (C=O) groups excluding carboxylic acids is 1. The third kappa shape index (κ3) is 2.66. The molecule has 0 atom stereocenters. The van der Waals surface area contributed by atoms with Crippen molar-refractivity contribution in [1.29, 1.82) is 0 Å². The maximum absolute atomic E-state index is 12.2. The van der Waals surface area contributed by atoms with Gasteiger partial charge in [0.05, 0.1) is 11.7 Å². The molecule has 0 aromatic carbocycles. The summed E-state index contributed by atoms with van der Waals surface area (Å²) in [5, 5.41) is 0. The molecule has 4 nitrogen and oxygen atoms in total. The molecule has 0 N–H and O–H groups in total. The van der Waals surface area contributed by atoms with E-state index in [1.807, 2.05) is 23.2 Å². The number of likely N-dealkylation sites (tertiary alicyclic amines) is 1. The van der Waals surface area contributed by atoms with E-state index in [0.717, 1.165) is 36.5 Å². The van der Waals surface area contributed by atoms with Gasteiger partial charge in [-0.1, -0.05) is 6.07 Å². The first-order valence-corrected chi connectivity index (χ1v) is 7.31. The Labute approximate surface area is 116 Å². The SMILES string of the molecule is O=C(c1cncs1)N1CCC(c2ccccn2)CC1. The van der Waals surface area contributed by atoms with Crippen molar-refractivity contribution in [2.75, 3.05) is 13.1 Å². The molecule has 3 heterocycles. The number of nitrogens with zero attached hydrogens (tertiary/aromatic N) is 3. The number of carbonyl (C=O) groups is 1. The van der Waals surface area contributed by atoms with Gasteiger partial charge in [0.1, 0.15) is 4.88 Å². The van der Waals surface area contributed by atoms with Crippen LogP contribution < -0.4 is 0 Å². The van der Waals surface area contributed by atoms with Crippen LogP contribution in [0.3, 0.4) is 0 Å². The minimum Gasteiger partial charge on any atom is -0.338 e.